The zero-order valence-electron chi connectivity index (χ0n) is 11.4. The molecule has 0 aromatic carbocycles. The van der Waals surface area contributed by atoms with Crippen molar-refractivity contribution >= 4 is 5.91 Å². The van der Waals surface area contributed by atoms with Gasteiger partial charge in [0, 0.05) is 32.7 Å². The first-order chi connectivity index (χ1) is 8.04. The molecule has 1 N–H and O–H groups in total. The number of amides is 1. The van der Waals surface area contributed by atoms with Crippen molar-refractivity contribution in [3.63, 3.8) is 0 Å². The zero-order chi connectivity index (χ0) is 12.8. The fraction of sp³-hybridized carbons (Fsp3) is 0.923. The summed E-state index contributed by atoms with van der Waals surface area (Å²) in [6.07, 6.45) is 1.65. The van der Waals surface area contributed by atoms with Crippen LogP contribution in [0.2, 0.25) is 0 Å². The van der Waals surface area contributed by atoms with Gasteiger partial charge in [-0.1, -0.05) is 20.3 Å². The van der Waals surface area contributed by atoms with E-state index in [2.05, 4.69) is 18.7 Å². The number of hydrogen-bond donors (Lipinski definition) is 1. The summed E-state index contributed by atoms with van der Waals surface area (Å²) in [6, 6.07) is 0. The van der Waals surface area contributed by atoms with Crippen LogP contribution in [0.4, 0.5) is 0 Å². The van der Waals surface area contributed by atoms with E-state index >= 15 is 0 Å². The molecule has 1 saturated heterocycles. The number of nitrogens with zero attached hydrogens (tertiary/aromatic N) is 2. The van der Waals surface area contributed by atoms with Gasteiger partial charge in [0.15, 0.2) is 0 Å². The molecule has 17 heavy (non-hydrogen) atoms. The molecule has 2 unspecified atom stereocenters. The lowest BCUT2D eigenvalue weighted by Gasteiger charge is -2.36. The van der Waals surface area contributed by atoms with E-state index in [1.165, 1.54) is 19.8 Å². The van der Waals surface area contributed by atoms with E-state index in [1.54, 1.807) is 4.90 Å². The maximum Gasteiger partial charge on any atom is 0.251 e. The highest BCUT2D eigenvalue weighted by molar-refractivity contribution is 5.80. The fourth-order valence-corrected chi connectivity index (χ4v) is 2.44. The van der Waals surface area contributed by atoms with Crippen LogP contribution in [0.3, 0.4) is 0 Å². The van der Waals surface area contributed by atoms with Gasteiger partial charge >= 0.3 is 0 Å². The fourth-order valence-electron chi connectivity index (χ4n) is 2.44. The van der Waals surface area contributed by atoms with Crippen LogP contribution in [0, 0.1) is 5.92 Å². The Bertz CT molecular complexity index is 236. The second-order valence-corrected chi connectivity index (χ2v) is 5.20. The average Bonchev–Trinajstić information content (AvgIpc) is 2.29. The molecule has 0 bridgehead atoms. The summed E-state index contributed by atoms with van der Waals surface area (Å²) >= 11 is 0. The van der Waals surface area contributed by atoms with Gasteiger partial charge in [-0.05, 0) is 19.3 Å². The summed E-state index contributed by atoms with van der Waals surface area (Å²) in [6.45, 7) is 10.6. The molecule has 1 rings (SSSR count). The van der Waals surface area contributed by atoms with Gasteiger partial charge in [0.05, 0.1) is 0 Å². The largest absolute Gasteiger partial charge is 0.384 e. The van der Waals surface area contributed by atoms with Crippen LogP contribution in [0.15, 0.2) is 0 Å². The lowest BCUT2D eigenvalue weighted by Crippen LogP contribution is -2.51. The average molecular weight is 242 g/mol. The van der Waals surface area contributed by atoms with E-state index in [-0.39, 0.29) is 5.91 Å². The second-order valence-electron chi connectivity index (χ2n) is 5.20. The summed E-state index contributed by atoms with van der Waals surface area (Å²) in [7, 11) is 0. The normalized spacial score (nSPS) is 21.3. The number of aliphatic hydroxyl groups is 1. The van der Waals surface area contributed by atoms with Crippen LogP contribution in [-0.2, 0) is 4.79 Å². The Labute approximate surface area is 105 Å². The van der Waals surface area contributed by atoms with Crippen molar-refractivity contribution in [2.45, 2.75) is 39.7 Å². The Hall–Kier alpha value is -0.610. The Morgan fingerprint density at radius 2 is 1.82 bits per heavy atom. The molecule has 0 radical (unpaired) electrons. The highest BCUT2D eigenvalue weighted by Gasteiger charge is 2.24. The van der Waals surface area contributed by atoms with E-state index in [9.17, 15) is 9.90 Å². The number of rotatable bonds is 5. The molecule has 4 nitrogen and oxygen atoms in total. The molecule has 1 aliphatic rings. The molecule has 1 heterocycles. The first kappa shape index (κ1) is 14.5. The molecule has 0 aromatic heterocycles. The highest BCUT2D eigenvalue weighted by Crippen LogP contribution is 2.10. The lowest BCUT2D eigenvalue weighted by molar-refractivity contribution is -0.141. The molecule has 1 amide bonds. The third-order valence-corrected chi connectivity index (χ3v) is 3.39. The Morgan fingerprint density at radius 3 is 2.29 bits per heavy atom. The number of carbonyl (C=O) groups excluding carboxylic acids is 1. The van der Waals surface area contributed by atoms with E-state index in [0.29, 0.717) is 0 Å². The molecular formula is C13H26N2O2. The van der Waals surface area contributed by atoms with Crippen molar-refractivity contribution < 1.29 is 9.90 Å². The van der Waals surface area contributed by atoms with Crippen LogP contribution in [-0.4, -0.2) is 59.6 Å². The molecule has 2 atom stereocenters. The number of piperazine rings is 1. The van der Waals surface area contributed by atoms with Crippen molar-refractivity contribution in [2.75, 3.05) is 32.7 Å². The topological polar surface area (TPSA) is 43.8 Å². The van der Waals surface area contributed by atoms with Gasteiger partial charge in [-0.2, -0.15) is 0 Å². The van der Waals surface area contributed by atoms with Crippen molar-refractivity contribution in [2.24, 2.45) is 5.92 Å². The Balaban J connectivity index is 2.28. The van der Waals surface area contributed by atoms with Gasteiger partial charge in [-0.15, -0.1) is 0 Å². The number of hydrogen-bond acceptors (Lipinski definition) is 3. The first-order valence-corrected chi connectivity index (χ1v) is 6.73. The van der Waals surface area contributed by atoms with Gasteiger partial charge in [-0.3, -0.25) is 9.69 Å². The predicted octanol–water partition coefficient (Wildman–Crippen LogP) is 0.948. The number of aliphatic hydroxyl groups excluding tert-OH is 1. The highest BCUT2D eigenvalue weighted by atomic mass is 16.3. The van der Waals surface area contributed by atoms with Crippen molar-refractivity contribution in [1.82, 2.24) is 9.80 Å². The Morgan fingerprint density at radius 1 is 1.24 bits per heavy atom. The van der Waals surface area contributed by atoms with E-state index < -0.39 is 6.10 Å². The summed E-state index contributed by atoms with van der Waals surface area (Å²) in [5, 5.41) is 9.25. The summed E-state index contributed by atoms with van der Waals surface area (Å²) < 4.78 is 0. The van der Waals surface area contributed by atoms with Crippen molar-refractivity contribution in [1.29, 1.82) is 0 Å². The van der Waals surface area contributed by atoms with Gasteiger partial charge in [0.1, 0.15) is 6.10 Å². The molecule has 1 aliphatic heterocycles. The minimum absolute atomic E-state index is 0.133. The standard InChI is InChI=1S/C13H26N2O2/c1-4-5-11(2)10-14-6-8-15(9-7-14)13(17)12(3)16/h11-12,16H,4-10H2,1-3H3. The maximum atomic E-state index is 11.6. The molecule has 0 aliphatic carbocycles. The number of carbonyl (C=O) groups is 1. The van der Waals surface area contributed by atoms with E-state index in [0.717, 1.165) is 38.6 Å². The molecular weight excluding hydrogens is 216 g/mol. The van der Waals surface area contributed by atoms with Crippen LogP contribution in [0.1, 0.15) is 33.6 Å². The molecule has 100 valence electrons. The lowest BCUT2D eigenvalue weighted by atomic mass is 10.1. The molecule has 1 fully saturated rings. The van der Waals surface area contributed by atoms with E-state index in [4.69, 9.17) is 0 Å². The van der Waals surface area contributed by atoms with Gasteiger partial charge in [0.25, 0.3) is 5.91 Å². The minimum Gasteiger partial charge on any atom is -0.384 e. The van der Waals surface area contributed by atoms with Crippen molar-refractivity contribution in [3.8, 4) is 0 Å². The maximum absolute atomic E-state index is 11.6. The van der Waals surface area contributed by atoms with Crippen LogP contribution < -0.4 is 0 Å². The third kappa shape index (κ3) is 4.64. The van der Waals surface area contributed by atoms with E-state index in [1.807, 2.05) is 0 Å². The van der Waals surface area contributed by atoms with Gasteiger partial charge in [0.2, 0.25) is 0 Å². The SMILES string of the molecule is CCCC(C)CN1CCN(C(=O)C(C)O)CC1. The summed E-state index contributed by atoms with van der Waals surface area (Å²) in [4.78, 5) is 15.8. The summed E-state index contributed by atoms with van der Waals surface area (Å²) in [5.41, 5.74) is 0. The van der Waals surface area contributed by atoms with Crippen LogP contribution in [0.5, 0.6) is 0 Å². The smallest absolute Gasteiger partial charge is 0.251 e. The zero-order valence-corrected chi connectivity index (χ0v) is 11.4. The first-order valence-electron chi connectivity index (χ1n) is 6.73. The second kappa shape index (κ2) is 6.97. The van der Waals surface area contributed by atoms with Gasteiger partial charge < -0.3 is 10.0 Å². The molecule has 0 spiro atoms. The molecule has 4 heteroatoms. The molecule has 0 saturated carbocycles. The monoisotopic (exact) mass is 242 g/mol. The van der Waals surface area contributed by atoms with Crippen molar-refractivity contribution in [3.05, 3.63) is 0 Å². The quantitative estimate of drug-likeness (QED) is 0.780. The van der Waals surface area contributed by atoms with Crippen LogP contribution in [0.25, 0.3) is 0 Å². The summed E-state index contributed by atoms with van der Waals surface area (Å²) in [5.74, 6) is 0.602. The van der Waals surface area contributed by atoms with Crippen LogP contribution >= 0.6 is 0 Å². The predicted molar refractivity (Wildman–Crippen MR) is 68.8 cm³/mol. The third-order valence-electron chi connectivity index (χ3n) is 3.39. The van der Waals surface area contributed by atoms with Gasteiger partial charge in [-0.25, -0.2) is 0 Å². The Kier molecular flexibility index (Phi) is 5.92. The minimum atomic E-state index is -0.861. The molecule has 0 aromatic rings.